The lowest BCUT2D eigenvalue weighted by Gasteiger charge is -2.34. The van der Waals surface area contributed by atoms with Crippen LogP contribution in [0.1, 0.15) is 12.0 Å². The van der Waals surface area contributed by atoms with Crippen molar-refractivity contribution in [2.45, 2.75) is 18.3 Å². The van der Waals surface area contributed by atoms with Crippen molar-refractivity contribution in [3.8, 4) is 0 Å². The Morgan fingerprint density at radius 3 is 2.22 bits per heavy atom. The van der Waals surface area contributed by atoms with Gasteiger partial charge in [0.15, 0.2) is 0 Å². The standard InChI is InChI=1S/C16H12BrF3N2O/c17-12-8-6-11(7-9-12)14-10-15(23,16(18,19)20)22(21-14)13-4-2-1-3-5-13/h1-9,23H,10H2. The molecular weight excluding hydrogens is 373 g/mol. The third-order valence-corrected chi connectivity index (χ3v) is 4.15. The van der Waals surface area contributed by atoms with Gasteiger partial charge in [-0.05, 0) is 29.8 Å². The van der Waals surface area contributed by atoms with Crippen LogP contribution in [0.25, 0.3) is 0 Å². The molecule has 0 aromatic heterocycles. The van der Waals surface area contributed by atoms with Crippen LogP contribution in [0.2, 0.25) is 0 Å². The maximum Gasteiger partial charge on any atom is 0.438 e. The third kappa shape index (κ3) is 2.86. The first-order chi connectivity index (χ1) is 10.8. The van der Waals surface area contributed by atoms with E-state index in [2.05, 4.69) is 21.0 Å². The Morgan fingerprint density at radius 1 is 1.04 bits per heavy atom. The van der Waals surface area contributed by atoms with E-state index in [-0.39, 0.29) is 11.4 Å². The lowest BCUT2D eigenvalue weighted by atomic mass is 10.0. The summed E-state index contributed by atoms with van der Waals surface area (Å²) in [5, 5.41) is 15.0. The van der Waals surface area contributed by atoms with Crippen molar-refractivity contribution < 1.29 is 18.3 Å². The van der Waals surface area contributed by atoms with E-state index in [4.69, 9.17) is 0 Å². The highest BCUT2D eigenvalue weighted by molar-refractivity contribution is 9.10. The summed E-state index contributed by atoms with van der Waals surface area (Å²) >= 11 is 3.28. The molecule has 0 spiro atoms. The molecule has 1 heterocycles. The Balaban J connectivity index is 2.06. The van der Waals surface area contributed by atoms with Gasteiger partial charge in [-0.1, -0.05) is 46.3 Å². The lowest BCUT2D eigenvalue weighted by molar-refractivity contribution is -0.254. The van der Waals surface area contributed by atoms with Gasteiger partial charge in [-0.15, -0.1) is 0 Å². The minimum absolute atomic E-state index is 0.180. The molecule has 0 amide bonds. The first-order valence-electron chi connectivity index (χ1n) is 6.79. The second-order valence-electron chi connectivity index (χ2n) is 5.19. The number of hydrazone groups is 1. The van der Waals surface area contributed by atoms with Crippen molar-refractivity contribution in [3.05, 3.63) is 64.6 Å². The number of rotatable bonds is 2. The summed E-state index contributed by atoms with van der Waals surface area (Å²) in [5.74, 6) is 0. The average Bonchev–Trinajstić information content (AvgIpc) is 2.88. The van der Waals surface area contributed by atoms with E-state index >= 15 is 0 Å². The highest BCUT2D eigenvalue weighted by Gasteiger charge is 2.61. The number of aliphatic hydroxyl groups is 1. The predicted octanol–water partition coefficient (Wildman–Crippen LogP) is 4.31. The SMILES string of the molecule is OC1(C(F)(F)F)CC(c2ccc(Br)cc2)=NN1c1ccccc1. The van der Waals surface area contributed by atoms with E-state index in [9.17, 15) is 18.3 Å². The maximum absolute atomic E-state index is 13.5. The molecule has 0 fully saturated rings. The molecule has 3 nitrogen and oxygen atoms in total. The fraction of sp³-hybridized carbons (Fsp3) is 0.188. The summed E-state index contributed by atoms with van der Waals surface area (Å²) in [5.41, 5.74) is -2.16. The molecule has 0 aliphatic carbocycles. The zero-order chi connectivity index (χ0) is 16.7. The van der Waals surface area contributed by atoms with Gasteiger partial charge in [-0.3, -0.25) is 0 Å². The normalized spacial score (nSPS) is 21.4. The molecule has 23 heavy (non-hydrogen) atoms. The smallest absolute Gasteiger partial charge is 0.362 e. The van der Waals surface area contributed by atoms with E-state index in [0.717, 1.165) is 4.47 Å². The summed E-state index contributed by atoms with van der Waals surface area (Å²) < 4.78 is 41.2. The van der Waals surface area contributed by atoms with Gasteiger partial charge in [-0.25, -0.2) is 5.01 Å². The summed E-state index contributed by atoms with van der Waals surface area (Å²) in [6.45, 7) is 0. The molecule has 0 saturated carbocycles. The van der Waals surface area contributed by atoms with Crippen LogP contribution < -0.4 is 5.01 Å². The molecule has 1 aliphatic rings. The Bertz CT molecular complexity index is 731. The summed E-state index contributed by atoms with van der Waals surface area (Å²) in [6.07, 6.45) is -5.48. The van der Waals surface area contributed by atoms with Crippen LogP contribution >= 0.6 is 15.9 Å². The Morgan fingerprint density at radius 2 is 1.65 bits per heavy atom. The predicted molar refractivity (Wildman–Crippen MR) is 85.2 cm³/mol. The molecule has 7 heteroatoms. The zero-order valence-corrected chi connectivity index (χ0v) is 13.3. The van der Waals surface area contributed by atoms with E-state index in [1.165, 1.54) is 12.1 Å². The van der Waals surface area contributed by atoms with Crippen LogP contribution in [-0.2, 0) is 0 Å². The summed E-state index contributed by atoms with van der Waals surface area (Å²) in [6, 6.07) is 14.6. The van der Waals surface area contributed by atoms with Crippen LogP contribution in [0, 0.1) is 0 Å². The van der Waals surface area contributed by atoms with Gasteiger partial charge in [-0.2, -0.15) is 18.3 Å². The summed E-state index contributed by atoms with van der Waals surface area (Å²) in [7, 11) is 0. The molecule has 2 aromatic rings. The quantitative estimate of drug-likeness (QED) is 0.836. The molecular formula is C16H12BrF3N2O. The number of benzene rings is 2. The number of hydrogen-bond donors (Lipinski definition) is 1. The van der Waals surface area contributed by atoms with E-state index in [1.807, 2.05) is 0 Å². The number of anilines is 1. The molecule has 0 bridgehead atoms. The van der Waals surface area contributed by atoms with Crippen molar-refractivity contribution in [1.82, 2.24) is 0 Å². The van der Waals surface area contributed by atoms with Gasteiger partial charge in [0.2, 0.25) is 0 Å². The molecule has 1 unspecified atom stereocenters. The number of nitrogens with zero attached hydrogens (tertiary/aromatic N) is 2. The second kappa shape index (κ2) is 5.65. The first kappa shape index (κ1) is 16.0. The maximum atomic E-state index is 13.5. The minimum Gasteiger partial charge on any atom is -0.362 e. The van der Waals surface area contributed by atoms with Crippen molar-refractivity contribution in [2.24, 2.45) is 5.10 Å². The first-order valence-corrected chi connectivity index (χ1v) is 7.58. The molecule has 1 N–H and O–H groups in total. The largest absolute Gasteiger partial charge is 0.438 e. The molecule has 1 atom stereocenters. The van der Waals surface area contributed by atoms with Crippen LogP contribution in [0.4, 0.5) is 18.9 Å². The van der Waals surface area contributed by atoms with Crippen LogP contribution in [0.5, 0.6) is 0 Å². The Hall–Kier alpha value is -1.86. The number of alkyl halides is 3. The van der Waals surface area contributed by atoms with Crippen LogP contribution in [0.3, 0.4) is 0 Å². The minimum atomic E-state index is -4.84. The zero-order valence-electron chi connectivity index (χ0n) is 11.8. The average molecular weight is 385 g/mol. The molecule has 2 aromatic carbocycles. The highest BCUT2D eigenvalue weighted by atomic mass is 79.9. The highest BCUT2D eigenvalue weighted by Crippen LogP contribution is 2.43. The van der Waals surface area contributed by atoms with E-state index in [0.29, 0.717) is 10.6 Å². The van der Waals surface area contributed by atoms with Crippen molar-refractivity contribution in [1.29, 1.82) is 0 Å². The molecule has 3 rings (SSSR count). The van der Waals surface area contributed by atoms with Gasteiger partial charge in [0, 0.05) is 4.47 Å². The van der Waals surface area contributed by atoms with Gasteiger partial charge in [0.1, 0.15) is 0 Å². The topological polar surface area (TPSA) is 35.8 Å². The van der Waals surface area contributed by atoms with Gasteiger partial charge in [0.25, 0.3) is 5.72 Å². The lowest BCUT2D eigenvalue weighted by Crippen LogP contribution is -2.55. The second-order valence-corrected chi connectivity index (χ2v) is 6.11. The number of para-hydroxylation sites is 1. The third-order valence-electron chi connectivity index (χ3n) is 3.62. The molecule has 0 saturated heterocycles. The van der Waals surface area contributed by atoms with Crippen LogP contribution in [0.15, 0.2) is 64.2 Å². The fourth-order valence-corrected chi connectivity index (χ4v) is 2.67. The Labute approximate surface area is 139 Å². The van der Waals surface area contributed by atoms with Gasteiger partial charge < -0.3 is 5.11 Å². The van der Waals surface area contributed by atoms with Crippen molar-refractivity contribution in [2.75, 3.05) is 5.01 Å². The molecule has 120 valence electrons. The fourth-order valence-electron chi connectivity index (χ4n) is 2.41. The Kier molecular flexibility index (Phi) is 3.93. The van der Waals surface area contributed by atoms with Crippen LogP contribution in [-0.4, -0.2) is 22.7 Å². The van der Waals surface area contributed by atoms with Crippen molar-refractivity contribution in [3.63, 3.8) is 0 Å². The number of halogens is 4. The van der Waals surface area contributed by atoms with Gasteiger partial charge >= 0.3 is 6.18 Å². The van der Waals surface area contributed by atoms with E-state index in [1.54, 1.807) is 42.5 Å². The molecule has 1 aliphatic heterocycles. The molecule has 0 radical (unpaired) electrons. The monoisotopic (exact) mass is 384 g/mol. The number of hydrogen-bond acceptors (Lipinski definition) is 3. The van der Waals surface area contributed by atoms with E-state index < -0.39 is 18.3 Å². The van der Waals surface area contributed by atoms with Crippen molar-refractivity contribution >= 4 is 27.3 Å². The van der Waals surface area contributed by atoms with Gasteiger partial charge in [0.05, 0.1) is 17.8 Å². The summed E-state index contributed by atoms with van der Waals surface area (Å²) in [4.78, 5) is 0.